The van der Waals surface area contributed by atoms with Gasteiger partial charge in [0, 0.05) is 38.9 Å². The van der Waals surface area contributed by atoms with E-state index in [1.165, 1.54) is 18.2 Å². The number of carbonyl (C=O) groups excluding carboxylic acids is 1. The van der Waals surface area contributed by atoms with Crippen LogP contribution in [0.2, 0.25) is 5.02 Å². The number of likely N-dealkylation sites (tertiary alicyclic amines) is 1. The van der Waals surface area contributed by atoms with Crippen LogP contribution in [0.5, 0.6) is 0 Å². The van der Waals surface area contributed by atoms with Crippen LogP contribution in [0.25, 0.3) is 0 Å². The number of carbonyl (C=O) groups is 1. The minimum absolute atomic E-state index is 0.115. The third kappa shape index (κ3) is 3.71. The lowest BCUT2D eigenvalue weighted by atomic mass is 9.97. The molecule has 0 radical (unpaired) electrons. The molecule has 7 heteroatoms. The van der Waals surface area contributed by atoms with Gasteiger partial charge in [0.2, 0.25) is 0 Å². The van der Waals surface area contributed by atoms with Gasteiger partial charge in [-0.2, -0.15) is 0 Å². The van der Waals surface area contributed by atoms with Gasteiger partial charge in [-0.05, 0) is 24.8 Å². The SMILES string of the molecule is COCC1CCN(C(=O)c2ccc([N+](=O)[O-])cc2Cl)CC1. The first-order valence-corrected chi connectivity index (χ1v) is 7.13. The van der Waals surface area contributed by atoms with Crippen molar-refractivity contribution in [2.24, 2.45) is 5.92 Å². The van der Waals surface area contributed by atoms with E-state index < -0.39 is 4.92 Å². The summed E-state index contributed by atoms with van der Waals surface area (Å²) < 4.78 is 5.13. The smallest absolute Gasteiger partial charge is 0.270 e. The fraction of sp³-hybridized carbons (Fsp3) is 0.500. The maximum Gasteiger partial charge on any atom is 0.270 e. The Hall–Kier alpha value is -1.66. The second-order valence-electron chi connectivity index (χ2n) is 5.11. The lowest BCUT2D eigenvalue weighted by Gasteiger charge is -2.31. The monoisotopic (exact) mass is 312 g/mol. The van der Waals surface area contributed by atoms with Gasteiger partial charge in [-0.3, -0.25) is 14.9 Å². The average Bonchev–Trinajstić information content (AvgIpc) is 2.47. The largest absolute Gasteiger partial charge is 0.384 e. The average molecular weight is 313 g/mol. The van der Waals surface area contributed by atoms with Crippen LogP contribution >= 0.6 is 11.6 Å². The van der Waals surface area contributed by atoms with E-state index in [4.69, 9.17) is 16.3 Å². The molecule has 1 saturated heterocycles. The Morgan fingerprint density at radius 2 is 2.14 bits per heavy atom. The van der Waals surface area contributed by atoms with E-state index in [-0.39, 0.29) is 16.6 Å². The molecule has 1 aromatic carbocycles. The fourth-order valence-corrected chi connectivity index (χ4v) is 2.76. The molecule has 6 nitrogen and oxygen atoms in total. The summed E-state index contributed by atoms with van der Waals surface area (Å²) in [5.74, 6) is 0.303. The summed E-state index contributed by atoms with van der Waals surface area (Å²) in [5.41, 5.74) is 0.197. The molecule has 1 heterocycles. The van der Waals surface area contributed by atoms with Crippen LogP contribution in [-0.4, -0.2) is 42.5 Å². The quantitative estimate of drug-likeness (QED) is 0.633. The maximum atomic E-state index is 12.4. The van der Waals surface area contributed by atoms with Crippen LogP contribution in [0.1, 0.15) is 23.2 Å². The predicted molar refractivity (Wildman–Crippen MR) is 78.6 cm³/mol. The number of rotatable bonds is 4. The number of amides is 1. The van der Waals surface area contributed by atoms with Crippen LogP contribution < -0.4 is 0 Å². The van der Waals surface area contributed by atoms with E-state index in [0.29, 0.717) is 31.2 Å². The highest BCUT2D eigenvalue weighted by atomic mass is 35.5. The third-order valence-corrected chi connectivity index (χ3v) is 4.01. The number of hydrogen-bond acceptors (Lipinski definition) is 4. The van der Waals surface area contributed by atoms with Crippen molar-refractivity contribution in [1.82, 2.24) is 4.90 Å². The zero-order valence-electron chi connectivity index (χ0n) is 11.8. The van der Waals surface area contributed by atoms with Crippen molar-refractivity contribution in [2.75, 3.05) is 26.8 Å². The Bertz CT molecular complexity index is 542. The van der Waals surface area contributed by atoms with Crippen molar-refractivity contribution in [3.05, 3.63) is 38.9 Å². The molecule has 2 rings (SSSR count). The zero-order chi connectivity index (χ0) is 15.4. The zero-order valence-corrected chi connectivity index (χ0v) is 12.5. The number of hydrogen-bond donors (Lipinski definition) is 0. The molecular formula is C14H17ClN2O4. The summed E-state index contributed by atoms with van der Waals surface area (Å²) in [6.45, 7) is 2.01. The molecule has 1 aliphatic rings. The molecule has 1 fully saturated rings. The molecular weight excluding hydrogens is 296 g/mol. The first-order valence-electron chi connectivity index (χ1n) is 6.75. The summed E-state index contributed by atoms with van der Waals surface area (Å²) in [4.78, 5) is 24.3. The van der Waals surface area contributed by atoms with E-state index in [2.05, 4.69) is 0 Å². The van der Waals surface area contributed by atoms with E-state index >= 15 is 0 Å². The maximum absolute atomic E-state index is 12.4. The lowest BCUT2D eigenvalue weighted by Crippen LogP contribution is -2.39. The van der Waals surface area contributed by atoms with Crippen molar-refractivity contribution in [3.63, 3.8) is 0 Å². The number of nitro benzene ring substituents is 1. The van der Waals surface area contributed by atoms with Crippen LogP contribution in [0.15, 0.2) is 18.2 Å². The molecule has 0 aliphatic carbocycles. The predicted octanol–water partition coefficient (Wildman–Crippen LogP) is 2.75. The topological polar surface area (TPSA) is 72.7 Å². The molecule has 1 amide bonds. The Labute approximate surface area is 127 Å². The highest BCUT2D eigenvalue weighted by molar-refractivity contribution is 6.34. The molecule has 0 N–H and O–H groups in total. The summed E-state index contributed by atoms with van der Waals surface area (Å²) >= 11 is 5.99. The number of benzene rings is 1. The van der Waals surface area contributed by atoms with E-state index in [9.17, 15) is 14.9 Å². The van der Waals surface area contributed by atoms with E-state index in [1.807, 2.05) is 0 Å². The number of nitrogens with zero attached hydrogens (tertiary/aromatic N) is 2. The Morgan fingerprint density at radius 1 is 1.48 bits per heavy atom. The Kier molecular flexibility index (Phi) is 5.14. The molecule has 0 unspecified atom stereocenters. The van der Waals surface area contributed by atoms with Gasteiger partial charge in [0.15, 0.2) is 0 Å². The lowest BCUT2D eigenvalue weighted by molar-refractivity contribution is -0.384. The number of nitro groups is 1. The first kappa shape index (κ1) is 15.7. The number of halogens is 1. The minimum Gasteiger partial charge on any atom is -0.384 e. The van der Waals surface area contributed by atoms with Crippen LogP contribution in [0.4, 0.5) is 5.69 Å². The fourth-order valence-electron chi connectivity index (χ4n) is 2.50. The van der Waals surface area contributed by atoms with Gasteiger partial charge in [-0.15, -0.1) is 0 Å². The normalized spacial score (nSPS) is 16.0. The summed E-state index contributed by atoms with van der Waals surface area (Å²) in [5, 5.41) is 10.8. The molecule has 0 saturated carbocycles. The van der Waals surface area contributed by atoms with Crippen molar-refractivity contribution in [2.45, 2.75) is 12.8 Å². The summed E-state index contributed by atoms with van der Waals surface area (Å²) in [6.07, 6.45) is 1.79. The van der Waals surface area contributed by atoms with Crippen molar-refractivity contribution in [1.29, 1.82) is 0 Å². The van der Waals surface area contributed by atoms with Crippen LogP contribution in [0.3, 0.4) is 0 Å². The van der Waals surface area contributed by atoms with Gasteiger partial charge < -0.3 is 9.64 Å². The van der Waals surface area contributed by atoms with Crippen molar-refractivity contribution < 1.29 is 14.5 Å². The van der Waals surface area contributed by atoms with Gasteiger partial charge in [-0.25, -0.2) is 0 Å². The molecule has 0 aromatic heterocycles. The van der Waals surface area contributed by atoms with Gasteiger partial charge in [-0.1, -0.05) is 11.6 Å². The van der Waals surface area contributed by atoms with Gasteiger partial charge >= 0.3 is 0 Å². The molecule has 0 atom stereocenters. The standard InChI is InChI=1S/C14H17ClN2O4/c1-21-9-10-4-6-16(7-5-10)14(18)12-3-2-11(17(19)20)8-13(12)15/h2-3,8,10H,4-7,9H2,1H3. The number of piperidine rings is 1. The third-order valence-electron chi connectivity index (χ3n) is 3.70. The van der Waals surface area contributed by atoms with Crippen LogP contribution in [0, 0.1) is 16.0 Å². The number of methoxy groups -OCH3 is 1. The minimum atomic E-state index is -0.531. The molecule has 21 heavy (non-hydrogen) atoms. The summed E-state index contributed by atoms with van der Waals surface area (Å²) in [6, 6.07) is 3.94. The van der Waals surface area contributed by atoms with E-state index in [1.54, 1.807) is 12.0 Å². The second kappa shape index (κ2) is 6.87. The number of ether oxygens (including phenoxy) is 1. The molecule has 0 spiro atoms. The molecule has 1 aliphatic heterocycles. The molecule has 0 bridgehead atoms. The first-order chi connectivity index (χ1) is 10.0. The highest BCUT2D eigenvalue weighted by Gasteiger charge is 2.25. The number of non-ortho nitro benzene ring substituents is 1. The van der Waals surface area contributed by atoms with Crippen molar-refractivity contribution in [3.8, 4) is 0 Å². The molecule has 114 valence electrons. The molecule has 1 aromatic rings. The van der Waals surface area contributed by atoms with Gasteiger partial charge in [0.05, 0.1) is 15.5 Å². The van der Waals surface area contributed by atoms with Crippen molar-refractivity contribution >= 4 is 23.2 Å². The Morgan fingerprint density at radius 3 is 2.67 bits per heavy atom. The highest BCUT2D eigenvalue weighted by Crippen LogP contribution is 2.25. The second-order valence-corrected chi connectivity index (χ2v) is 5.52. The van der Waals surface area contributed by atoms with Gasteiger partial charge in [0.25, 0.3) is 11.6 Å². The van der Waals surface area contributed by atoms with E-state index in [0.717, 1.165) is 12.8 Å². The van der Waals surface area contributed by atoms with Gasteiger partial charge in [0.1, 0.15) is 0 Å². The Balaban J connectivity index is 2.06. The summed E-state index contributed by atoms with van der Waals surface area (Å²) in [7, 11) is 1.67. The van der Waals surface area contributed by atoms with Crippen LogP contribution in [-0.2, 0) is 4.74 Å².